The van der Waals surface area contributed by atoms with E-state index in [1.807, 2.05) is 0 Å². The van der Waals surface area contributed by atoms with Gasteiger partial charge in [-0.1, -0.05) is 11.6 Å². The summed E-state index contributed by atoms with van der Waals surface area (Å²) in [6.07, 6.45) is -0.638. The summed E-state index contributed by atoms with van der Waals surface area (Å²) in [5.41, 5.74) is 0.305. The molecule has 0 atom stereocenters. The molecule has 0 spiro atoms. The van der Waals surface area contributed by atoms with E-state index in [9.17, 15) is 13.2 Å². The van der Waals surface area contributed by atoms with Gasteiger partial charge in [-0.3, -0.25) is 4.57 Å². The highest BCUT2D eigenvalue weighted by Crippen LogP contribution is 2.34. The van der Waals surface area contributed by atoms with Gasteiger partial charge >= 0.3 is 6.18 Å². The Balaban J connectivity index is 2.05. The number of halogens is 4. The van der Waals surface area contributed by atoms with Crippen LogP contribution in [0.1, 0.15) is 24.1 Å². The van der Waals surface area contributed by atoms with E-state index in [0.29, 0.717) is 17.7 Å². The summed E-state index contributed by atoms with van der Waals surface area (Å²) >= 11 is 5.83. The van der Waals surface area contributed by atoms with Crippen LogP contribution in [0.4, 0.5) is 19.1 Å². The molecular weight excluding hydrogens is 303 g/mol. The van der Waals surface area contributed by atoms with Crippen LogP contribution < -0.4 is 5.32 Å². The largest absolute Gasteiger partial charge is 0.416 e. The Kier molecular flexibility index (Phi) is 3.36. The van der Waals surface area contributed by atoms with Crippen LogP contribution >= 0.6 is 11.6 Å². The highest BCUT2D eigenvalue weighted by atomic mass is 35.5. The Hall–Kier alpha value is -1.69. The lowest BCUT2D eigenvalue weighted by molar-refractivity contribution is -0.137. The molecule has 0 unspecified atom stereocenters. The molecule has 3 nitrogen and oxygen atoms in total. The number of nitrogens with zero attached hydrogens (tertiary/aromatic N) is 2. The first kappa shape index (κ1) is 14.3. The fraction of sp³-hybridized carbons (Fsp3) is 0.357. The Morgan fingerprint density at radius 1 is 1.29 bits per heavy atom. The lowest BCUT2D eigenvalue weighted by Crippen LogP contribution is -2.09. The van der Waals surface area contributed by atoms with Gasteiger partial charge in [-0.2, -0.15) is 13.2 Å². The normalized spacial score (nSPS) is 15.3. The Labute approximate surface area is 124 Å². The van der Waals surface area contributed by atoms with Gasteiger partial charge in [0.15, 0.2) is 0 Å². The smallest absolute Gasteiger partial charge is 0.353 e. The molecule has 1 saturated carbocycles. The number of nitrogens with one attached hydrogen (secondary N) is 1. The second-order valence-electron chi connectivity index (χ2n) is 5.19. The van der Waals surface area contributed by atoms with Gasteiger partial charge in [-0.25, -0.2) is 4.98 Å². The first-order valence-electron chi connectivity index (χ1n) is 6.53. The summed E-state index contributed by atoms with van der Waals surface area (Å²) in [6.45, 7) is 1.80. The third-order valence-electron chi connectivity index (χ3n) is 3.22. The van der Waals surface area contributed by atoms with Crippen molar-refractivity contribution < 1.29 is 13.2 Å². The molecule has 0 saturated heterocycles. The van der Waals surface area contributed by atoms with Crippen molar-refractivity contribution in [1.82, 2.24) is 9.55 Å². The molecule has 21 heavy (non-hydrogen) atoms. The van der Waals surface area contributed by atoms with E-state index >= 15 is 0 Å². The predicted molar refractivity (Wildman–Crippen MR) is 75.0 cm³/mol. The zero-order chi connectivity index (χ0) is 15.2. The maximum atomic E-state index is 12.9. The van der Waals surface area contributed by atoms with E-state index < -0.39 is 11.7 Å². The third kappa shape index (κ3) is 3.15. The van der Waals surface area contributed by atoms with Gasteiger partial charge in [0.25, 0.3) is 0 Å². The molecule has 1 aliphatic rings. The van der Waals surface area contributed by atoms with E-state index in [2.05, 4.69) is 10.3 Å². The number of benzene rings is 1. The van der Waals surface area contributed by atoms with E-state index in [0.717, 1.165) is 30.7 Å². The monoisotopic (exact) mass is 315 g/mol. The van der Waals surface area contributed by atoms with Crippen LogP contribution in [0, 0.1) is 6.92 Å². The lowest BCUT2D eigenvalue weighted by Gasteiger charge is -2.13. The molecule has 3 rings (SSSR count). The van der Waals surface area contributed by atoms with Gasteiger partial charge in [0, 0.05) is 17.3 Å². The summed E-state index contributed by atoms with van der Waals surface area (Å²) in [4.78, 5) is 4.32. The quantitative estimate of drug-likeness (QED) is 0.908. The van der Waals surface area contributed by atoms with Crippen LogP contribution in [-0.4, -0.2) is 15.6 Å². The van der Waals surface area contributed by atoms with E-state index in [4.69, 9.17) is 11.6 Å². The SMILES string of the molecule is Cc1cn(-c2cc(Cl)cc(C(F)(F)F)c2)c(NC2CC2)n1. The second kappa shape index (κ2) is 4.94. The second-order valence-corrected chi connectivity index (χ2v) is 5.63. The third-order valence-corrected chi connectivity index (χ3v) is 3.44. The molecule has 1 N–H and O–H groups in total. The molecule has 2 aromatic rings. The molecule has 0 bridgehead atoms. The molecular formula is C14H13ClF3N3. The van der Waals surface area contributed by atoms with Crippen LogP contribution in [0.2, 0.25) is 5.02 Å². The number of rotatable bonds is 3. The highest BCUT2D eigenvalue weighted by Gasteiger charge is 2.31. The zero-order valence-corrected chi connectivity index (χ0v) is 12.0. The fourth-order valence-corrected chi connectivity index (χ4v) is 2.31. The molecule has 1 fully saturated rings. The number of hydrogen-bond donors (Lipinski definition) is 1. The maximum Gasteiger partial charge on any atom is 0.416 e. The first-order chi connectivity index (χ1) is 9.83. The molecule has 1 heterocycles. The van der Waals surface area contributed by atoms with Gasteiger partial charge in [-0.05, 0) is 38.0 Å². The van der Waals surface area contributed by atoms with Crippen molar-refractivity contribution in [2.24, 2.45) is 0 Å². The minimum absolute atomic E-state index is 0.0450. The van der Waals surface area contributed by atoms with Gasteiger partial charge in [0.2, 0.25) is 5.95 Å². The van der Waals surface area contributed by atoms with Crippen molar-refractivity contribution in [3.63, 3.8) is 0 Å². The van der Waals surface area contributed by atoms with Crippen molar-refractivity contribution in [2.45, 2.75) is 32.0 Å². The topological polar surface area (TPSA) is 29.9 Å². The average molecular weight is 316 g/mol. The van der Waals surface area contributed by atoms with Crippen molar-refractivity contribution in [3.05, 3.63) is 40.7 Å². The van der Waals surface area contributed by atoms with Crippen molar-refractivity contribution in [2.75, 3.05) is 5.32 Å². The number of imidazole rings is 1. The van der Waals surface area contributed by atoms with Crippen LogP contribution in [0.3, 0.4) is 0 Å². The minimum Gasteiger partial charge on any atom is -0.353 e. The molecule has 0 amide bonds. The van der Waals surface area contributed by atoms with Gasteiger partial charge in [-0.15, -0.1) is 0 Å². The predicted octanol–water partition coefficient (Wildman–Crippen LogP) is 4.43. The van der Waals surface area contributed by atoms with Crippen molar-refractivity contribution >= 4 is 17.5 Å². The van der Waals surface area contributed by atoms with E-state index in [-0.39, 0.29) is 5.02 Å². The number of aryl methyl sites for hydroxylation is 1. The number of anilines is 1. The molecule has 112 valence electrons. The fourth-order valence-electron chi connectivity index (χ4n) is 2.08. The van der Waals surface area contributed by atoms with Crippen LogP contribution in [0.5, 0.6) is 0 Å². The van der Waals surface area contributed by atoms with E-state index in [1.165, 1.54) is 6.07 Å². The summed E-state index contributed by atoms with van der Waals surface area (Å²) in [5, 5.41) is 3.25. The molecule has 0 radical (unpaired) electrons. The molecule has 1 aliphatic carbocycles. The van der Waals surface area contributed by atoms with Crippen molar-refractivity contribution in [1.29, 1.82) is 0 Å². The molecule has 0 aliphatic heterocycles. The molecule has 1 aromatic heterocycles. The highest BCUT2D eigenvalue weighted by molar-refractivity contribution is 6.30. The standard InChI is InChI=1S/C14H13ClF3N3/c1-8-7-21(13(19-8)20-11-2-3-11)12-5-9(14(16,17)18)4-10(15)6-12/h4-7,11H,2-3H2,1H3,(H,19,20). The summed E-state index contributed by atoms with van der Waals surface area (Å²) in [7, 11) is 0. The maximum absolute atomic E-state index is 12.9. The van der Waals surface area contributed by atoms with Crippen LogP contribution in [0.25, 0.3) is 5.69 Å². The van der Waals surface area contributed by atoms with E-state index in [1.54, 1.807) is 17.7 Å². The zero-order valence-electron chi connectivity index (χ0n) is 11.2. The number of hydrogen-bond acceptors (Lipinski definition) is 2. The van der Waals surface area contributed by atoms with Gasteiger partial charge in [0.1, 0.15) is 0 Å². The summed E-state index contributed by atoms with van der Waals surface area (Å²) < 4.78 is 40.3. The Morgan fingerprint density at radius 3 is 2.62 bits per heavy atom. The molecule has 7 heteroatoms. The van der Waals surface area contributed by atoms with Gasteiger partial charge < -0.3 is 5.32 Å². The number of aromatic nitrogens is 2. The Morgan fingerprint density at radius 2 is 2.00 bits per heavy atom. The molecule has 1 aromatic carbocycles. The minimum atomic E-state index is -4.43. The average Bonchev–Trinajstić information content (AvgIpc) is 3.10. The summed E-state index contributed by atoms with van der Waals surface area (Å²) in [5.74, 6) is 0.547. The van der Waals surface area contributed by atoms with Gasteiger partial charge in [0.05, 0.1) is 16.9 Å². The summed E-state index contributed by atoms with van der Waals surface area (Å²) in [6, 6.07) is 3.84. The van der Waals surface area contributed by atoms with Crippen LogP contribution in [-0.2, 0) is 6.18 Å². The van der Waals surface area contributed by atoms with Crippen molar-refractivity contribution in [3.8, 4) is 5.69 Å². The van der Waals surface area contributed by atoms with Crippen LogP contribution in [0.15, 0.2) is 24.4 Å². The first-order valence-corrected chi connectivity index (χ1v) is 6.91. The number of alkyl halides is 3. The Bertz CT molecular complexity index is 675. The lowest BCUT2D eigenvalue weighted by atomic mass is 10.2.